The van der Waals surface area contributed by atoms with E-state index in [-0.39, 0.29) is 16.7 Å². The number of rotatable bonds is 6. The Morgan fingerprint density at radius 3 is 2.52 bits per heavy atom. The fourth-order valence-electron chi connectivity index (χ4n) is 4.29. The number of fused-ring (bicyclic) bond motifs is 1. The van der Waals surface area contributed by atoms with Gasteiger partial charge >= 0.3 is 0 Å². The summed E-state index contributed by atoms with van der Waals surface area (Å²) in [7, 11) is 1.92. The van der Waals surface area contributed by atoms with E-state index in [2.05, 4.69) is 0 Å². The molecule has 2 aromatic carbocycles. The Hall–Kier alpha value is -2.60. The summed E-state index contributed by atoms with van der Waals surface area (Å²) in [5, 5.41) is 0.869. The Kier molecular flexibility index (Phi) is 6.76. The van der Waals surface area contributed by atoms with Crippen LogP contribution in [0.3, 0.4) is 0 Å². The van der Waals surface area contributed by atoms with Crippen LogP contribution in [0.25, 0.3) is 10.9 Å². The second kappa shape index (κ2) is 9.69. The molecule has 31 heavy (non-hydrogen) atoms. The monoisotopic (exact) mass is 435 g/mol. The van der Waals surface area contributed by atoms with Gasteiger partial charge in [-0.25, -0.2) is 4.98 Å². The van der Waals surface area contributed by atoms with E-state index in [1.54, 1.807) is 4.57 Å². The molecule has 0 radical (unpaired) electrons. The number of aromatic nitrogens is 2. The Morgan fingerprint density at radius 1 is 1.10 bits per heavy atom. The predicted molar refractivity (Wildman–Crippen MR) is 127 cm³/mol. The highest BCUT2D eigenvalue weighted by atomic mass is 32.2. The molecule has 0 saturated heterocycles. The van der Waals surface area contributed by atoms with Gasteiger partial charge < -0.3 is 4.90 Å². The first-order valence-corrected chi connectivity index (χ1v) is 11.9. The van der Waals surface area contributed by atoms with Crippen molar-refractivity contribution in [2.24, 2.45) is 0 Å². The third-order valence-electron chi connectivity index (χ3n) is 6.11. The number of nitrogens with zero attached hydrogens (tertiary/aromatic N) is 3. The van der Waals surface area contributed by atoms with Crippen molar-refractivity contribution in [2.75, 3.05) is 7.05 Å². The van der Waals surface area contributed by atoms with Crippen LogP contribution in [-0.4, -0.2) is 38.7 Å². The summed E-state index contributed by atoms with van der Waals surface area (Å²) in [6, 6.07) is 17.6. The van der Waals surface area contributed by atoms with Crippen molar-refractivity contribution in [3.63, 3.8) is 0 Å². The molecule has 1 amide bonds. The molecule has 162 valence electrons. The Morgan fingerprint density at radius 2 is 1.77 bits per heavy atom. The lowest BCUT2D eigenvalue weighted by atomic mass is 9.94. The molecule has 4 rings (SSSR count). The zero-order valence-electron chi connectivity index (χ0n) is 18.2. The van der Waals surface area contributed by atoms with Gasteiger partial charge in [0.2, 0.25) is 5.91 Å². The fourth-order valence-corrected chi connectivity index (χ4v) is 5.30. The van der Waals surface area contributed by atoms with E-state index >= 15 is 0 Å². The highest BCUT2D eigenvalue weighted by molar-refractivity contribution is 8.00. The molecule has 6 heteroatoms. The van der Waals surface area contributed by atoms with Gasteiger partial charge in [0, 0.05) is 13.1 Å². The molecule has 1 heterocycles. The summed E-state index contributed by atoms with van der Waals surface area (Å²) in [5.74, 6) is 0.102. The summed E-state index contributed by atoms with van der Waals surface area (Å²) in [4.78, 5) is 33.2. The quantitative estimate of drug-likeness (QED) is 0.415. The smallest absolute Gasteiger partial charge is 0.262 e. The molecule has 1 saturated carbocycles. The second-order valence-electron chi connectivity index (χ2n) is 8.29. The molecule has 1 unspecified atom stereocenters. The van der Waals surface area contributed by atoms with Crippen molar-refractivity contribution < 1.29 is 4.79 Å². The first-order valence-electron chi connectivity index (χ1n) is 11.0. The van der Waals surface area contributed by atoms with Gasteiger partial charge in [0.05, 0.1) is 22.7 Å². The Bertz CT molecular complexity index is 1110. The molecule has 0 bridgehead atoms. The fraction of sp³-hybridized carbons (Fsp3) is 0.400. The highest BCUT2D eigenvalue weighted by Gasteiger charge is 2.27. The van der Waals surface area contributed by atoms with E-state index in [0.29, 0.717) is 28.6 Å². The Balaban J connectivity index is 1.64. The van der Waals surface area contributed by atoms with Crippen LogP contribution in [0.5, 0.6) is 0 Å². The predicted octanol–water partition coefficient (Wildman–Crippen LogP) is 4.72. The molecule has 1 atom stereocenters. The van der Waals surface area contributed by atoms with Crippen LogP contribution in [0.4, 0.5) is 0 Å². The second-order valence-corrected chi connectivity index (χ2v) is 9.60. The third-order valence-corrected chi connectivity index (χ3v) is 7.19. The summed E-state index contributed by atoms with van der Waals surface area (Å²) >= 11 is 1.38. The SMILES string of the molecule is CC(Sc1nc2ccccc2c(=O)n1Cc1ccccc1)C(=O)N(C)C1CCCCC1. The van der Waals surface area contributed by atoms with Gasteiger partial charge in [-0.1, -0.05) is 73.5 Å². The maximum absolute atomic E-state index is 13.3. The van der Waals surface area contributed by atoms with Crippen LogP contribution in [0.2, 0.25) is 0 Å². The van der Waals surface area contributed by atoms with Gasteiger partial charge in [-0.15, -0.1) is 0 Å². The molecule has 1 aliphatic carbocycles. The van der Waals surface area contributed by atoms with Crippen molar-refractivity contribution in [2.45, 2.75) is 62.0 Å². The molecule has 0 N–H and O–H groups in total. The molecule has 3 aromatic rings. The van der Waals surface area contributed by atoms with Crippen LogP contribution >= 0.6 is 11.8 Å². The normalized spacial score (nSPS) is 15.7. The lowest BCUT2D eigenvalue weighted by Gasteiger charge is -2.32. The zero-order valence-corrected chi connectivity index (χ0v) is 19.0. The van der Waals surface area contributed by atoms with Gasteiger partial charge in [-0.2, -0.15) is 0 Å². The Labute approximate surface area is 187 Å². The van der Waals surface area contributed by atoms with E-state index in [9.17, 15) is 9.59 Å². The van der Waals surface area contributed by atoms with Crippen LogP contribution in [-0.2, 0) is 11.3 Å². The average molecular weight is 436 g/mol. The largest absolute Gasteiger partial charge is 0.342 e. The summed E-state index contributed by atoms with van der Waals surface area (Å²) in [5.41, 5.74) is 1.62. The highest BCUT2D eigenvalue weighted by Crippen LogP contribution is 2.27. The molecule has 5 nitrogen and oxygen atoms in total. The van der Waals surface area contributed by atoms with Gasteiger partial charge in [-0.3, -0.25) is 14.2 Å². The number of hydrogen-bond acceptors (Lipinski definition) is 4. The number of para-hydroxylation sites is 1. The number of amides is 1. The van der Waals surface area contributed by atoms with Crippen LogP contribution in [0, 0.1) is 0 Å². The first-order chi connectivity index (χ1) is 15.0. The van der Waals surface area contributed by atoms with E-state index < -0.39 is 0 Å². The van der Waals surface area contributed by atoms with Gasteiger partial charge in [-0.05, 0) is 37.5 Å². The van der Waals surface area contributed by atoms with Crippen molar-refractivity contribution in [1.29, 1.82) is 0 Å². The first kappa shape index (κ1) is 21.6. The molecule has 1 fully saturated rings. The number of benzene rings is 2. The molecule has 1 aliphatic rings. The number of thioether (sulfide) groups is 1. The van der Waals surface area contributed by atoms with Crippen molar-refractivity contribution in [1.82, 2.24) is 14.5 Å². The molecular weight excluding hydrogens is 406 g/mol. The van der Waals surface area contributed by atoms with Gasteiger partial charge in [0.25, 0.3) is 5.56 Å². The standard InChI is InChI=1S/C25H29N3O2S/c1-18(23(29)27(2)20-13-7-4-8-14-20)31-25-26-22-16-10-9-15-21(22)24(30)28(25)17-19-11-5-3-6-12-19/h3,5-6,9-12,15-16,18,20H,4,7-8,13-14,17H2,1-2H3. The van der Waals surface area contributed by atoms with E-state index in [4.69, 9.17) is 4.98 Å². The molecular formula is C25H29N3O2S. The molecule has 0 spiro atoms. The van der Waals surface area contributed by atoms with Crippen molar-refractivity contribution in [3.05, 3.63) is 70.5 Å². The van der Waals surface area contributed by atoms with E-state index in [1.807, 2.05) is 73.5 Å². The van der Waals surface area contributed by atoms with Crippen molar-refractivity contribution >= 4 is 28.6 Å². The minimum absolute atomic E-state index is 0.0720. The van der Waals surface area contributed by atoms with Crippen LogP contribution in [0.15, 0.2) is 64.5 Å². The third kappa shape index (κ3) is 4.85. The molecule has 0 aliphatic heterocycles. The van der Waals surface area contributed by atoms with Crippen LogP contribution < -0.4 is 5.56 Å². The lowest BCUT2D eigenvalue weighted by Crippen LogP contribution is -2.42. The average Bonchev–Trinajstić information content (AvgIpc) is 2.82. The van der Waals surface area contributed by atoms with Crippen LogP contribution in [0.1, 0.15) is 44.6 Å². The lowest BCUT2D eigenvalue weighted by molar-refractivity contribution is -0.131. The maximum atomic E-state index is 13.3. The summed E-state index contributed by atoms with van der Waals surface area (Å²) in [6.07, 6.45) is 5.79. The van der Waals surface area contributed by atoms with E-state index in [0.717, 1.165) is 18.4 Å². The zero-order chi connectivity index (χ0) is 21.8. The maximum Gasteiger partial charge on any atom is 0.262 e. The number of hydrogen-bond donors (Lipinski definition) is 0. The van der Waals surface area contributed by atoms with Gasteiger partial charge in [0.1, 0.15) is 0 Å². The van der Waals surface area contributed by atoms with Crippen molar-refractivity contribution in [3.8, 4) is 0 Å². The molecule has 1 aromatic heterocycles. The minimum Gasteiger partial charge on any atom is -0.342 e. The number of carbonyl (C=O) groups is 1. The van der Waals surface area contributed by atoms with E-state index in [1.165, 1.54) is 31.0 Å². The summed E-state index contributed by atoms with van der Waals surface area (Å²) in [6.45, 7) is 2.35. The summed E-state index contributed by atoms with van der Waals surface area (Å²) < 4.78 is 1.70. The van der Waals surface area contributed by atoms with Gasteiger partial charge in [0.15, 0.2) is 5.16 Å². The minimum atomic E-state index is -0.318. The topological polar surface area (TPSA) is 55.2 Å². The number of carbonyl (C=O) groups excluding carboxylic acids is 1.